The van der Waals surface area contributed by atoms with Crippen LogP contribution in [0.1, 0.15) is 37.6 Å². The third-order valence-electron chi connectivity index (χ3n) is 3.86. The molecule has 0 amide bonds. The Balaban J connectivity index is 2.13. The Morgan fingerprint density at radius 2 is 1.96 bits per heavy atom. The lowest BCUT2D eigenvalue weighted by Crippen LogP contribution is -2.28. The highest BCUT2D eigenvalue weighted by Gasteiger charge is 2.22. The van der Waals surface area contributed by atoms with Crippen LogP contribution in [0.2, 0.25) is 0 Å². The maximum Gasteiger partial charge on any atom is 0.419 e. The fraction of sp³-hybridized carbons (Fsp3) is 0.238. The van der Waals surface area contributed by atoms with Crippen molar-refractivity contribution in [1.82, 2.24) is 4.57 Å². The summed E-state index contributed by atoms with van der Waals surface area (Å²) in [4.78, 5) is 12.8. The molecule has 0 aliphatic rings. The van der Waals surface area contributed by atoms with E-state index >= 15 is 0 Å². The molecule has 3 aromatic rings. The highest BCUT2D eigenvalue weighted by Crippen LogP contribution is 2.25. The Labute approximate surface area is 151 Å². The maximum absolute atomic E-state index is 13.5. The van der Waals surface area contributed by atoms with Gasteiger partial charge in [0.15, 0.2) is 0 Å². The molecule has 0 aliphatic carbocycles. The number of fused-ring (bicyclic) bond motifs is 1. The summed E-state index contributed by atoms with van der Waals surface area (Å²) < 4.78 is 20.5. The number of aromatic nitrogens is 1. The van der Waals surface area contributed by atoms with E-state index in [1.807, 2.05) is 6.07 Å². The standard InChI is InChI=1S/C21H19FN2O2/c1-21(2,3)26-20(25)24-18(10-14-5-4-6-17(22)9-14)12-16-8-7-15(13-23)11-19(16)24/h4-9,11-12H,10H2,1-3H3. The first-order valence-electron chi connectivity index (χ1n) is 8.29. The first kappa shape index (κ1) is 17.7. The molecule has 0 N–H and O–H groups in total. The molecular weight excluding hydrogens is 331 g/mol. The van der Waals surface area contributed by atoms with Crippen molar-refractivity contribution >= 4 is 17.0 Å². The Hall–Kier alpha value is -3.13. The van der Waals surface area contributed by atoms with Gasteiger partial charge in [-0.1, -0.05) is 18.2 Å². The summed E-state index contributed by atoms with van der Waals surface area (Å²) in [5, 5.41) is 9.99. The number of rotatable bonds is 2. The molecule has 132 valence electrons. The van der Waals surface area contributed by atoms with Crippen molar-refractivity contribution < 1.29 is 13.9 Å². The highest BCUT2D eigenvalue weighted by atomic mass is 19.1. The van der Waals surface area contributed by atoms with Crippen molar-refractivity contribution in [3.63, 3.8) is 0 Å². The Bertz CT molecular complexity index is 1020. The van der Waals surface area contributed by atoms with Crippen LogP contribution in [0.5, 0.6) is 0 Å². The van der Waals surface area contributed by atoms with Gasteiger partial charge in [0, 0.05) is 17.5 Å². The van der Waals surface area contributed by atoms with Gasteiger partial charge in [-0.25, -0.2) is 13.8 Å². The topological polar surface area (TPSA) is 55.0 Å². The number of nitrogens with zero attached hydrogens (tertiary/aromatic N) is 2. The molecule has 2 aromatic carbocycles. The normalized spacial score (nSPS) is 11.3. The molecule has 0 radical (unpaired) electrons. The Morgan fingerprint density at radius 3 is 2.62 bits per heavy atom. The summed E-state index contributed by atoms with van der Waals surface area (Å²) in [6.45, 7) is 5.39. The lowest BCUT2D eigenvalue weighted by Gasteiger charge is -2.21. The van der Waals surface area contributed by atoms with E-state index in [1.165, 1.54) is 16.7 Å². The van der Waals surface area contributed by atoms with Gasteiger partial charge in [0.05, 0.1) is 17.1 Å². The molecule has 0 saturated carbocycles. The molecule has 0 atom stereocenters. The summed E-state index contributed by atoms with van der Waals surface area (Å²) in [5.41, 5.74) is 1.83. The second-order valence-electron chi connectivity index (χ2n) is 7.14. The van der Waals surface area contributed by atoms with Crippen molar-refractivity contribution in [3.8, 4) is 6.07 Å². The number of carbonyl (C=O) groups excluding carboxylic acids is 1. The van der Waals surface area contributed by atoms with E-state index in [-0.39, 0.29) is 5.82 Å². The summed E-state index contributed by atoms with van der Waals surface area (Å²) >= 11 is 0. The fourth-order valence-corrected chi connectivity index (χ4v) is 2.84. The molecule has 0 unspecified atom stereocenters. The van der Waals surface area contributed by atoms with Crippen LogP contribution in [0.3, 0.4) is 0 Å². The number of nitriles is 1. The SMILES string of the molecule is CC(C)(C)OC(=O)n1c(Cc2cccc(F)c2)cc2ccc(C#N)cc21. The largest absolute Gasteiger partial charge is 0.443 e. The van der Waals surface area contributed by atoms with Crippen molar-refractivity contribution in [1.29, 1.82) is 5.26 Å². The van der Waals surface area contributed by atoms with Gasteiger partial charge < -0.3 is 4.74 Å². The molecule has 3 rings (SSSR count). The third-order valence-corrected chi connectivity index (χ3v) is 3.86. The third kappa shape index (κ3) is 3.75. The summed E-state index contributed by atoms with van der Waals surface area (Å²) in [6, 6.07) is 15.4. The predicted octanol–water partition coefficient (Wildman–Crippen LogP) is 5.03. The molecule has 26 heavy (non-hydrogen) atoms. The molecule has 0 spiro atoms. The molecular formula is C21H19FN2O2. The average molecular weight is 350 g/mol. The quantitative estimate of drug-likeness (QED) is 0.651. The van der Waals surface area contributed by atoms with E-state index in [9.17, 15) is 9.18 Å². The van der Waals surface area contributed by atoms with Crippen molar-refractivity contribution in [2.75, 3.05) is 0 Å². The minimum Gasteiger partial charge on any atom is -0.443 e. The molecule has 0 aliphatic heterocycles. The molecule has 1 aromatic heterocycles. The predicted molar refractivity (Wildman–Crippen MR) is 97.5 cm³/mol. The summed E-state index contributed by atoms with van der Waals surface area (Å²) in [7, 11) is 0. The number of hydrogen-bond donors (Lipinski definition) is 0. The number of ether oxygens (including phenoxy) is 1. The van der Waals surface area contributed by atoms with Gasteiger partial charge in [-0.2, -0.15) is 5.26 Å². The van der Waals surface area contributed by atoms with Gasteiger partial charge in [-0.3, -0.25) is 0 Å². The van der Waals surface area contributed by atoms with Crippen LogP contribution >= 0.6 is 0 Å². The molecule has 0 fully saturated rings. The van der Waals surface area contributed by atoms with Gasteiger partial charge in [-0.05, 0) is 56.7 Å². The minimum atomic E-state index is -0.656. The smallest absolute Gasteiger partial charge is 0.419 e. The molecule has 1 heterocycles. The number of benzene rings is 2. The van der Waals surface area contributed by atoms with E-state index < -0.39 is 11.7 Å². The van der Waals surface area contributed by atoms with Crippen LogP contribution in [0.15, 0.2) is 48.5 Å². The fourth-order valence-electron chi connectivity index (χ4n) is 2.84. The van der Waals surface area contributed by atoms with Gasteiger partial charge >= 0.3 is 6.09 Å². The zero-order chi connectivity index (χ0) is 18.9. The van der Waals surface area contributed by atoms with Gasteiger partial charge in [0.2, 0.25) is 0 Å². The monoisotopic (exact) mass is 350 g/mol. The van der Waals surface area contributed by atoms with Gasteiger partial charge in [0.25, 0.3) is 0 Å². The number of hydrogen-bond acceptors (Lipinski definition) is 3. The zero-order valence-corrected chi connectivity index (χ0v) is 14.9. The van der Waals surface area contributed by atoms with Crippen LogP contribution in [0.25, 0.3) is 10.9 Å². The second-order valence-corrected chi connectivity index (χ2v) is 7.14. The van der Waals surface area contributed by atoms with Crippen molar-refractivity contribution in [3.05, 3.63) is 71.2 Å². The highest BCUT2D eigenvalue weighted by molar-refractivity contribution is 5.91. The average Bonchev–Trinajstić information content (AvgIpc) is 2.90. The van der Waals surface area contributed by atoms with E-state index in [1.54, 1.807) is 51.1 Å². The number of carbonyl (C=O) groups is 1. The van der Waals surface area contributed by atoms with E-state index in [0.717, 1.165) is 10.9 Å². The van der Waals surface area contributed by atoms with Gasteiger partial charge in [0.1, 0.15) is 11.4 Å². The molecule has 0 saturated heterocycles. The maximum atomic E-state index is 13.5. The van der Waals surface area contributed by atoms with Crippen LogP contribution in [-0.4, -0.2) is 16.3 Å². The van der Waals surface area contributed by atoms with Gasteiger partial charge in [-0.15, -0.1) is 0 Å². The van der Waals surface area contributed by atoms with Crippen LogP contribution in [0.4, 0.5) is 9.18 Å². The van der Waals surface area contributed by atoms with Crippen LogP contribution < -0.4 is 0 Å². The van der Waals surface area contributed by atoms with E-state index in [4.69, 9.17) is 10.00 Å². The summed E-state index contributed by atoms with van der Waals surface area (Å²) in [5.74, 6) is -0.325. The molecule has 0 bridgehead atoms. The first-order chi connectivity index (χ1) is 12.3. The summed E-state index contributed by atoms with van der Waals surface area (Å²) in [6.07, 6.45) is -0.151. The Kier molecular flexibility index (Phi) is 4.52. The van der Waals surface area contributed by atoms with Crippen LogP contribution in [-0.2, 0) is 11.2 Å². The second kappa shape index (κ2) is 6.64. The lowest BCUT2D eigenvalue weighted by molar-refractivity contribution is 0.0541. The molecule has 5 heteroatoms. The molecule has 4 nitrogen and oxygen atoms in total. The first-order valence-corrected chi connectivity index (χ1v) is 8.29. The van der Waals surface area contributed by atoms with Crippen molar-refractivity contribution in [2.24, 2.45) is 0 Å². The zero-order valence-electron chi connectivity index (χ0n) is 14.9. The van der Waals surface area contributed by atoms with Crippen LogP contribution in [0, 0.1) is 17.1 Å². The minimum absolute atomic E-state index is 0.325. The lowest BCUT2D eigenvalue weighted by atomic mass is 10.1. The Morgan fingerprint density at radius 1 is 1.19 bits per heavy atom. The van der Waals surface area contributed by atoms with E-state index in [2.05, 4.69) is 6.07 Å². The van der Waals surface area contributed by atoms with Crippen molar-refractivity contribution in [2.45, 2.75) is 32.8 Å². The number of halogens is 1. The van der Waals surface area contributed by atoms with E-state index in [0.29, 0.717) is 23.2 Å².